The second kappa shape index (κ2) is 4.30. The minimum absolute atomic E-state index is 0.252. The zero-order valence-corrected chi connectivity index (χ0v) is 11.2. The van der Waals surface area contributed by atoms with E-state index in [1.807, 2.05) is 0 Å². The first-order chi connectivity index (χ1) is 9.70. The quantitative estimate of drug-likeness (QED) is 0.899. The fourth-order valence-electron chi connectivity index (χ4n) is 4.11. The van der Waals surface area contributed by atoms with E-state index in [-0.39, 0.29) is 5.56 Å². The molecule has 2 aromatic heterocycles. The lowest BCUT2D eigenvalue weighted by molar-refractivity contribution is 0.0698. The monoisotopic (exact) mass is 271 g/mol. The third-order valence-corrected chi connectivity index (χ3v) is 5.01. The summed E-state index contributed by atoms with van der Waals surface area (Å²) in [6.07, 6.45) is 7.87. The molecule has 3 unspecified atom stereocenters. The number of aromatic nitrogens is 3. The van der Waals surface area contributed by atoms with E-state index in [2.05, 4.69) is 15.0 Å². The van der Waals surface area contributed by atoms with Gasteiger partial charge in [0.15, 0.2) is 5.65 Å². The normalized spacial score (nSPS) is 28.3. The molecule has 0 spiro atoms. The topological polar surface area (TPSA) is 78.9 Å². The van der Waals surface area contributed by atoms with Crippen LogP contribution in [-0.4, -0.2) is 26.0 Å². The van der Waals surface area contributed by atoms with Gasteiger partial charge in [-0.05, 0) is 43.1 Å². The van der Waals surface area contributed by atoms with Crippen LogP contribution in [0.2, 0.25) is 0 Å². The van der Waals surface area contributed by atoms with Crippen LogP contribution in [0.4, 0.5) is 0 Å². The number of aromatic carboxylic acids is 1. The number of fused-ring (bicyclic) bond motifs is 3. The Kier molecular flexibility index (Phi) is 2.55. The Hall–Kier alpha value is -1.91. The summed E-state index contributed by atoms with van der Waals surface area (Å²) in [7, 11) is 0. The van der Waals surface area contributed by atoms with Crippen molar-refractivity contribution in [1.82, 2.24) is 15.0 Å². The van der Waals surface area contributed by atoms with Gasteiger partial charge in [0.1, 0.15) is 5.82 Å². The number of carboxylic acids is 1. The number of carbonyl (C=O) groups is 1. The van der Waals surface area contributed by atoms with Gasteiger partial charge in [-0.3, -0.25) is 0 Å². The van der Waals surface area contributed by atoms with Gasteiger partial charge in [-0.2, -0.15) is 0 Å². The molecule has 2 bridgehead atoms. The molecular formula is C15H17N3O2. The van der Waals surface area contributed by atoms with Crippen molar-refractivity contribution in [3.05, 3.63) is 23.7 Å². The number of rotatable bonds is 3. The van der Waals surface area contributed by atoms with Crippen molar-refractivity contribution in [3.8, 4) is 0 Å². The summed E-state index contributed by atoms with van der Waals surface area (Å²) in [5.74, 6) is 2.43. The average Bonchev–Trinajstić information content (AvgIpc) is 3.11. The van der Waals surface area contributed by atoms with Gasteiger partial charge < -0.3 is 10.1 Å². The molecule has 2 heterocycles. The van der Waals surface area contributed by atoms with Gasteiger partial charge in [0.25, 0.3) is 0 Å². The average molecular weight is 271 g/mol. The molecule has 0 saturated heterocycles. The largest absolute Gasteiger partial charge is 0.478 e. The van der Waals surface area contributed by atoms with Gasteiger partial charge in [-0.25, -0.2) is 14.8 Å². The molecule has 2 aliphatic rings. The molecule has 0 aromatic carbocycles. The van der Waals surface area contributed by atoms with Gasteiger partial charge in [-0.1, -0.05) is 6.42 Å². The summed E-state index contributed by atoms with van der Waals surface area (Å²) in [5.41, 5.74) is 1.32. The number of nitrogens with zero attached hydrogens (tertiary/aromatic N) is 2. The molecule has 2 N–H and O–H groups in total. The van der Waals surface area contributed by atoms with Gasteiger partial charge in [0.2, 0.25) is 0 Å². The van der Waals surface area contributed by atoms with Crippen LogP contribution in [0.1, 0.15) is 41.9 Å². The minimum atomic E-state index is -0.937. The molecule has 3 atom stereocenters. The number of H-pyrrole nitrogens is 1. The molecule has 0 radical (unpaired) electrons. The number of hydrogen-bond acceptors (Lipinski definition) is 3. The Morgan fingerprint density at radius 1 is 1.40 bits per heavy atom. The van der Waals surface area contributed by atoms with E-state index < -0.39 is 5.97 Å². The van der Waals surface area contributed by atoms with Crippen molar-refractivity contribution in [3.63, 3.8) is 0 Å². The second-order valence-electron chi connectivity index (χ2n) is 6.18. The Balaban J connectivity index is 1.64. The molecule has 5 heteroatoms. The fourth-order valence-corrected chi connectivity index (χ4v) is 4.11. The van der Waals surface area contributed by atoms with Crippen LogP contribution in [0.3, 0.4) is 0 Å². The van der Waals surface area contributed by atoms with E-state index in [0.29, 0.717) is 17.1 Å². The van der Waals surface area contributed by atoms with Crippen molar-refractivity contribution in [1.29, 1.82) is 0 Å². The highest BCUT2D eigenvalue weighted by atomic mass is 16.4. The summed E-state index contributed by atoms with van der Waals surface area (Å²) >= 11 is 0. The van der Waals surface area contributed by atoms with E-state index in [4.69, 9.17) is 0 Å². The second-order valence-corrected chi connectivity index (χ2v) is 6.18. The molecule has 2 fully saturated rings. The molecule has 0 amide bonds. The van der Waals surface area contributed by atoms with Crippen LogP contribution < -0.4 is 0 Å². The van der Waals surface area contributed by atoms with Gasteiger partial charge in [0.05, 0.1) is 11.1 Å². The van der Waals surface area contributed by atoms with E-state index in [1.165, 1.54) is 37.9 Å². The first-order valence-corrected chi connectivity index (χ1v) is 7.27. The Bertz CT molecular complexity index is 679. The van der Waals surface area contributed by atoms with Gasteiger partial charge in [-0.15, -0.1) is 0 Å². The third kappa shape index (κ3) is 1.80. The van der Waals surface area contributed by atoms with Crippen molar-refractivity contribution >= 4 is 17.1 Å². The molecule has 104 valence electrons. The van der Waals surface area contributed by atoms with Crippen molar-refractivity contribution < 1.29 is 9.90 Å². The molecule has 2 aromatic rings. The summed E-state index contributed by atoms with van der Waals surface area (Å²) in [4.78, 5) is 23.0. The van der Waals surface area contributed by atoms with E-state index >= 15 is 0 Å². The lowest BCUT2D eigenvalue weighted by Crippen LogP contribution is -2.13. The molecular weight excluding hydrogens is 254 g/mol. The lowest BCUT2D eigenvalue weighted by atomic mass is 9.86. The summed E-state index contributed by atoms with van der Waals surface area (Å²) in [5, 5.41) is 9.19. The summed E-state index contributed by atoms with van der Waals surface area (Å²) < 4.78 is 0. The predicted octanol–water partition coefficient (Wildman–Crippen LogP) is 2.63. The zero-order valence-electron chi connectivity index (χ0n) is 11.2. The highest BCUT2D eigenvalue weighted by Crippen LogP contribution is 2.49. The maximum Gasteiger partial charge on any atom is 0.338 e. The van der Waals surface area contributed by atoms with E-state index in [1.54, 1.807) is 0 Å². The van der Waals surface area contributed by atoms with Crippen LogP contribution in [-0.2, 0) is 6.42 Å². The highest BCUT2D eigenvalue weighted by Gasteiger charge is 2.39. The summed E-state index contributed by atoms with van der Waals surface area (Å²) in [6, 6.07) is 1.52. The Morgan fingerprint density at radius 3 is 3.00 bits per heavy atom. The van der Waals surface area contributed by atoms with E-state index in [0.717, 1.165) is 24.1 Å². The molecule has 2 saturated carbocycles. The molecule has 20 heavy (non-hydrogen) atoms. The smallest absolute Gasteiger partial charge is 0.338 e. The Morgan fingerprint density at radius 2 is 2.30 bits per heavy atom. The maximum absolute atomic E-state index is 11.2. The van der Waals surface area contributed by atoms with Crippen LogP contribution in [0, 0.1) is 17.8 Å². The molecule has 0 aliphatic heterocycles. The number of hydrogen-bond donors (Lipinski definition) is 2. The SMILES string of the molecule is O=C(O)c1ccnc2nc(CC3CC4CCC3C4)[nH]c12. The van der Waals surface area contributed by atoms with Crippen LogP contribution in [0.5, 0.6) is 0 Å². The van der Waals surface area contributed by atoms with Crippen molar-refractivity contribution in [2.24, 2.45) is 17.8 Å². The maximum atomic E-state index is 11.2. The first-order valence-electron chi connectivity index (χ1n) is 7.27. The van der Waals surface area contributed by atoms with Crippen molar-refractivity contribution in [2.75, 3.05) is 0 Å². The molecule has 4 rings (SSSR count). The van der Waals surface area contributed by atoms with E-state index in [9.17, 15) is 9.90 Å². The number of aromatic amines is 1. The van der Waals surface area contributed by atoms with Crippen molar-refractivity contribution in [2.45, 2.75) is 32.1 Å². The standard InChI is InChI=1S/C15H17N3O2/c19-15(20)11-3-4-16-14-13(11)17-12(18-14)7-10-6-8-1-2-9(10)5-8/h3-4,8-10H,1-2,5-7H2,(H,19,20)(H,16,17,18). The van der Waals surface area contributed by atoms with Gasteiger partial charge in [0, 0.05) is 12.6 Å². The minimum Gasteiger partial charge on any atom is -0.478 e. The summed E-state index contributed by atoms with van der Waals surface area (Å²) in [6.45, 7) is 0. The Labute approximate surface area is 116 Å². The number of carboxylic acid groups (broad SMARTS) is 1. The molecule has 5 nitrogen and oxygen atoms in total. The van der Waals surface area contributed by atoms with Crippen LogP contribution >= 0.6 is 0 Å². The fraction of sp³-hybridized carbons (Fsp3) is 0.533. The molecule has 2 aliphatic carbocycles. The van der Waals surface area contributed by atoms with Gasteiger partial charge >= 0.3 is 5.97 Å². The predicted molar refractivity (Wildman–Crippen MR) is 73.5 cm³/mol. The third-order valence-electron chi connectivity index (χ3n) is 5.01. The van der Waals surface area contributed by atoms with Crippen LogP contribution in [0.15, 0.2) is 12.3 Å². The number of nitrogens with one attached hydrogen (secondary N) is 1. The lowest BCUT2D eigenvalue weighted by Gasteiger charge is -2.20. The van der Waals surface area contributed by atoms with Crippen LogP contribution in [0.25, 0.3) is 11.2 Å². The number of pyridine rings is 1. The number of imidazole rings is 1. The highest BCUT2D eigenvalue weighted by molar-refractivity contribution is 5.99. The zero-order chi connectivity index (χ0) is 13.7. The first kappa shape index (κ1) is 11.9.